The zero-order chi connectivity index (χ0) is 13.9. The Morgan fingerprint density at radius 2 is 2.25 bits per heavy atom. The first-order valence-electron chi connectivity index (χ1n) is 7.59. The highest BCUT2D eigenvalue weighted by molar-refractivity contribution is 5.22. The first-order chi connectivity index (χ1) is 9.78. The van der Waals surface area contributed by atoms with E-state index in [0.29, 0.717) is 11.9 Å². The molecule has 1 aromatic rings. The Kier molecular flexibility index (Phi) is 4.17. The van der Waals surface area contributed by atoms with E-state index in [4.69, 9.17) is 4.74 Å². The molecule has 2 aliphatic rings. The van der Waals surface area contributed by atoms with Gasteiger partial charge in [-0.1, -0.05) is 6.42 Å². The summed E-state index contributed by atoms with van der Waals surface area (Å²) in [5, 5.41) is 0. The second-order valence-corrected chi connectivity index (χ2v) is 5.98. The lowest BCUT2D eigenvalue weighted by Gasteiger charge is -2.47. The van der Waals surface area contributed by atoms with E-state index >= 15 is 0 Å². The summed E-state index contributed by atoms with van der Waals surface area (Å²) in [6.45, 7) is 6.82. The molecule has 0 spiro atoms. The average molecular weight is 276 g/mol. The third-order valence-electron chi connectivity index (χ3n) is 4.63. The number of hydrogen-bond donors (Lipinski definition) is 0. The van der Waals surface area contributed by atoms with Crippen LogP contribution in [0.1, 0.15) is 31.7 Å². The summed E-state index contributed by atoms with van der Waals surface area (Å²) in [4.78, 5) is 13.6. The van der Waals surface area contributed by atoms with E-state index in [1.165, 1.54) is 32.4 Å². The molecule has 3 rings (SSSR count). The first-order valence-corrected chi connectivity index (χ1v) is 7.59. The largest absolute Gasteiger partial charge is 0.481 e. The molecule has 2 fully saturated rings. The normalized spacial score (nSPS) is 28.1. The molecule has 110 valence electrons. The van der Waals surface area contributed by atoms with Crippen LogP contribution in [0.25, 0.3) is 0 Å². The van der Waals surface area contributed by atoms with Gasteiger partial charge < -0.3 is 4.74 Å². The van der Waals surface area contributed by atoms with Crippen LogP contribution in [0.5, 0.6) is 5.88 Å². The zero-order valence-corrected chi connectivity index (χ0v) is 12.5. The van der Waals surface area contributed by atoms with Crippen molar-refractivity contribution in [2.24, 2.45) is 0 Å². The van der Waals surface area contributed by atoms with Crippen LogP contribution in [0, 0.1) is 0 Å². The van der Waals surface area contributed by atoms with Gasteiger partial charge in [-0.3, -0.25) is 9.80 Å². The van der Waals surface area contributed by atoms with Gasteiger partial charge in [-0.25, -0.2) is 9.97 Å². The molecule has 20 heavy (non-hydrogen) atoms. The summed E-state index contributed by atoms with van der Waals surface area (Å²) in [7, 11) is 1.67. The number of piperidine rings is 1. The van der Waals surface area contributed by atoms with Crippen LogP contribution in [-0.4, -0.2) is 58.6 Å². The van der Waals surface area contributed by atoms with Crippen molar-refractivity contribution in [3.8, 4) is 5.88 Å². The van der Waals surface area contributed by atoms with Crippen LogP contribution in [0.15, 0.2) is 12.5 Å². The van der Waals surface area contributed by atoms with Crippen molar-refractivity contribution in [3.05, 3.63) is 18.1 Å². The van der Waals surface area contributed by atoms with Crippen LogP contribution >= 0.6 is 0 Å². The van der Waals surface area contributed by atoms with Crippen LogP contribution in [0.2, 0.25) is 0 Å². The van der Waals surface area contributed by atoms with Gasteiger partial charge in [0, 0.05) is 43.5 Å². The summed E-state index contributed by atoms with van der Waals surface area (Å²) in [6.07, 6.45) is 7.51. The lowest BCUT2D eigenvalue weighted by Crippen LogP contribution is -2.58. The number of rotatable bonds is 3. The molecule has 3 heterocycles. The van der Waals surface area contributed by atoms with Gasteiger partial charge in [-0.15, -0.1) is 0 Å². The highest BCUT2D eigenvalue weighted by Gasteiger charge is 2.33. The van der Waals surface area contributed by atoms with Crippen molar-refractivity contribution in [3.63, 3.8) is 0 Å². The molecule has 0 amide bonds. The van der Waals surface area contributed by atoms with E-state index in [0.717, 1.165) is 24.7 Å². The molecule has 0 aliphatic carbocycles. The van der Waals surface area contributed by atoms with Gasteiger partial charge in [0.2, 0.25) is 5.88 Å². The molecule has 2 saturated heterocycles. The zero-order valence-electron chi connectivity index (χ0n) is 12.5. The highest BCUT2D eigenvalue weighted by atomic mass is 16.5. The molecule has 1 aromatic heterocycles. The Balaban J connectivity index is 1.70. The van der Waals surface area contributed by atoms with E-state index in [9.17, 15) is 0 Å². The highest BCUT2D eigenvalue weighted by Crippen LogP contribution is 2.26. The van der Waals surface area contributed by atoms with Gasteiger partial charge in [0.05, 0.1) is 7.11 Å². The molecule has 0 radical (unpaired) electrons. The van der Waals surface area contributed by atoms with Crippen molar-refractivity contribution >= 4 is 0 Å². The van der Waals surface area contributed by atoms with E-state index in [-0.39, 0.29) is 0 Å². The molecule has 2 atom stereocenters. The van der Waals surface area contributed by atoms with Crippen LogP contribution in [0.3, 0.4) is 0 Å². The molecule has 0 bridgehead atoms. The van der Waals surface area contributed by atoms with Crippen LogP contribution in [-0.2, 0) is 6.54 Å². The van der Waals surface area contributed by atoms with E-state index in [2.05, 4.69) is 26.7 Å². The minimum absolute atomic E-state index is 0.578. The van der Waals surface area contributed by atoms with Gasteiger partial charge in [0.1, 0.15) is 6.33 Å². The Morgan fingerprint density at radius 1 is 1.35 bits per heavy atom. The van der Waals surface area contributed by atoms with Crippen LogP contribution < -0.4 is 4.74 Å². The Bertz CT molecular complexity index is 453. The van der Waals surface area contributed by atoms with Gasteiger partial charge in [0.15, 0.2) is 0 Å². The monoisotopic (exact) mass is 276 g/mol. The van der Waals surface area contributed by atoms with Gasteiger partial charge in [-0.05, 0) is 26.3 Å². The Hall–Kier alpha value is -1.20. The Morgan fingerprint density at radius 3 is 3.10 bits per heavy atom. The SMILES string of the molecule is COc1ncncc1CN1CC2CCCCN2CC1C. The third-order valence-corrected chi connectivity index (χ3v) is 4.63. The molecule has 0 N–H and O–H groups in total. The molecule has 2 aliphatic heterocycles. The topological polar surface area (TPSA) is 41.5 Å². The summed E-state index contributed by atoms with van der Waals surface area (Å²) in [5.41, 5.74) is 1.09. The number of fused-ring (bicyclic) bond motifs is 1. The fourth-order valence-corrected chi connectivity index (χ4v) is 3.49. The van der Waals surface area contributed by atoms with Crippen molar-refractivity contribution in [2.45, 2.75) is 44.8 Å². The standard InChI is InChI=1S/C15H24N4O/c1-12-8-18-6-4-3-5-14(18)10-19(12)9-13-7-16-11-17-15(13)20-2/h7,11-12,14H,3-6,8-10H2,1-2H3. The molecule has 0 aromatic carbocycles. The first kappa shape index (κ1) is 13.8. The maximum Gasteiger partial charge on any atom is 0.220 e. The summed E-state index contributed by atoms with van der Waals surface area (Å²) in [5.74, 6) is 0.707. The summed E-state index contributed by atoms with van der Waals surface area (Å²) >= 11 is 0. The number of methoxy groups -OCH3 is 1. The second-order valence-electron chi connectivity index (χ2n) is 5.98. The predicted octanol–water partition coefficient (Wildman–Crippen LogP) is 1.54. The van der Waals surface area contributed by atoms with Crippen molar-refractivity contribution in [1.82, 2.24) is 19.8 Å². The smallest absolute Gasteiger partial charge is 0.220 e. The average Bonchev–Trinajstić information content (AvgIpc) is 2.48. The maximum absolute atomic E-state index is 5.34. The van der Waals surface area contributed by atoms with Gasteiger partial charge >= 0.3 is 0 Å². The molecular weight excluding hydrogens is 252 g/mol. The third kappa shape index (κ3) is 2.79. The molecule has 5 heteroatoms. The lowest BCUT2D eigenvalue weighted by molar-refractivity contribution is 0.0106. The maximum atomic E-state index is 5.34. The Labute approximate surface area is 121 Å². The molecule has 5 nitrogen and oxygen atoms in total. The minimum atomic E-state index is 0.578. The summed E-state index contributed by atoms with van der Waals surface area (Å²) in [6, 6.07) is 1.31. The van der Waals surface area contributed by atoms with Gasteiger partial charge in [0.25, 0.3) is 0 Å². The second kappa shape index (κ2) is 6.06. The lowest BCUT2D eigenvalue weighted by atomic mass is 9.97. The number of aromatic nitrogens is 2. The fraction of sp³-hybridized carbons (Fsp3) is 0.733. The molecule has 0 saturated carbocycles. The number of hydrogen-bond acceptors (Lipinski definition) is 5. The molecular formula is C15H24N4O. The molecule has 2 unspecified atom stereocenters. The van der Waals surface area contributed by atoms with Gasteiger partial charge in [-0.2, -0.15) is 0 Å². The van der Waals surface area contributed by atoms with Crippen LogP contribution in [0.4, 0.5) is 0 Å². The van der Waals surface area contributed by atoms with Crippen molar-refractivity contribution in [1.29, 1.82) is 0 Å². The minimum Gasteiger partial charge on any atom is -0.481 e. The van der Waals surface area contributed by atoms with E-state index in [1.54, 1.807) is 13.4 Å². The summed E-state index contributed by atoms with van der Waals surface area (Å²) < 4.78 is 5.34. The van der Waals surface area contributed by atoms with Crippen molar-refractivity contribution in [2.75, 3.05) is 26.7 Å². The van der Waals surface area contributed by atoms with E-state index < -0.39 is 0 Å². The quantitative estimate of drug-likeness (QED) is 0.838. The van der Waals surface area contributed by atoms with Crippen molar-refractivity contribution < 1.29 is 4.74 Å². The number of piperazine rings is 1. The predicted molar refractivity (Wildman–Crippen MR) is 77.7 cm³/mol. The number of nitrogens with zero attached hydrogens (tertiary/aromatic N) is 4. The fourth-order valence-electron chi connectivity index (χ4n) is 3.49. The van der Waals surface area contributed by atoms with E-state index in [1.807, 2.05) is 6.20 Å². The number of ether oxygens (including phenoxy) is 1.